The summed E-state index contributed by atoms with van der Waals surface area (Å²) >= 11 is 0. The third-order valence-corrected chi connectivity index (χ3v) is 2.75. The Morgan fingerprint density at radius 3 is 2.21 bits per heavy atom. The molecule has 0 saturated carbocycles. The zero-order valence-electron chi connectivity index (χ0n) is 6.97. The summed E-state index contributed by atoms with van der Waals surface area (Å²) in [5.74, 6) is 0. The minimum Gasteiger partial charge on any atom is -0.464 e. The van der Waals surface area contributed by atoms with Crippen LogP contribution in [0.1, 0.15) is 0 Å². The van der Waals surface area contributed by atoms with Crippen molar-refractivity contribution in [2.75, 3.05) is 5.73 Å². The van der Waals surface area contributed by atoms with Gasteiger partial charge >= 0.3 is 6.09 Å². The number of hydrogen-bond donors (Lipinski definition) is 3. The number of nitrogens with one attached hydrogen (secondary N) is 1. The second-order valence-electron chi connectivity index (χ2n) is 2.48. The van der Waals surface area contributed by atoms with Gasteiger partial charge in [-0.25, -0.2) is 17.9 Å². The van der Waals surface area contributed by atoms with E-state index < -0.39 is 16.1 Å². The third-order valence-electron chi connectivity index (χ3n) is 1.41. The van der Waals surface area contributed by atoms with Gasteiger partial charge in [0.05, 0.1) is 4.90 Å². The lowest BCUT2D eigenvalue weighted by Gasteiger charge is -2.02. The highest BCUT2D eigenvalue weighted by atomic mass is 32.2. The zero-order chi connectivity index (χ0) is 10.8. The predicted octanol–water partition coefficient (Wildman–Crippen LogP) is 0.225. The van der Waals surface area contributed by atoms with Gasteiger partial charge in [-0.3, -0.25) is 0 Å². The quantitative estimate of drug-likeness (QED) is 0.613. The van der Waals surface area contributed by atoms with E-state index >= 15 is 0 Å². The predicted molar refractivity (Wildman–Crippen MR) is 49.2 cm³/mol. The second kappa shape index (κ2) is 3.54. The molecule has 1 rings (SSSR count). The number of carbonyl (C=O) groups is 1. The van der Waals surface area contributed by atoms with Gasteiger partial charge in [-0.15, -0.1) is 0 Å². The third kappa shape index (κ3) is 2.36. The van der Waals surface area contributed by atoms with Gasteiger partial charge in [0.2, 0.25) is 0 Å². The molecule has 1 aromatic carbocycles. The number of benzene rings is 1. The van der Waals surface area contributed by atoms with Crippen molar-refractivity contribution in [1.29, 1.82) is 0 Å². The first-order chi connectivity index (χ1) is 6.42. The molecule has 6 nitrogen and oxygen atoms in total. The van der Waals surface area contributed by atoms with Crippen LogP contribution >= 0.6 is 0 Å². The number of sulfonamides is 1. The maximum absolute atomic E-state index is 11.2. The molecule has 0 aliphatic rings. The molecule has 0 radical (unpaired) electrons. The van der Waals surface area contributed by atoms with Gasteiger partial charge < -0.3 is 10.8 Å². The first kappa shape index (κ1) is 10.3. The smallest absolute Gasteiger partial charge is 0.418 e. The fraction of sp³-hybridized carbons (Fsp3) is 0. The molecule has 0 saturated heterocycles. The summed E-state index contributed by atoms with van der Waals surface area (Å²) in [6.07, 6.45) is -1.62. The van der Waals surface area contributed by atoms with E-state index in [2.05, 4.69) is 0 Å². The maximum Gasteiger partial charge on any atom is 0.418 e. The van der Waals surface area contributed by atoms with Crippen molar-refractivity contribution in [3.05, 3.63) is 24.3 Å². The number of carboxylic acid groups (broad SMARTS) is 1. The van der Waals surface area contributed by atoms with Crippen LogP contribution in [0.5, 0.6) is 0 Å². The van der Waals surface area contributed by atoms with Crippen LogP contribution in [0, 0.1) is 0 Å². The molecule has 4 N–H and O–H groups in total. The van der Waals surface area contributed by atoms with Gasteiger partial charge in [-0.05, 0) is 24.3 Å². The molecule has 14 heavy (non-hydrogen) atoms. The van der Waals surface area contributed by atoms with Crippen LogP contribution in [0.3, 0.4) is 0 Å². The van der Waals surface area contributed by atoms with Crippen LogP contribution in [-0.4, -0.2) is 19.6 Å². The Hall–Kier alpha value is -1.76. The molecule has 1 amide bonds. The Labute approximate surface area is 80.4 Å². The minimum atomic E-state index is -3.98. The van der Waals surface area contributed by atoms with Gasteiger partial charge in [-0.2, -0.15) is 0 Å². The molecule has 0 spiro atoms. The van der Waals surface area contributed by atoms with E-state index in [1.54, 1.807) is 0 Å². The molecule has 1 aromatic rings. The molecule has 0 atom stereocenters. The lowest BCUT2D eigenvalue weighted by atomic mass is 10.3. The Balaban J connectivity index is 3.05. The SMILES string of the molecule is Nc1ccc(S(=O)(=O)NC(=O)O)cc1. The first-order valence-corrected chi connectivity index (χ1v) is 5.01. The van der Waals surface area contributed by atoms with Crippen molar-refractivity contribution in [2.45, 2.75) is 4.90 Å². The lowest BCUT2D eigenvalue weighted by molar-refractivity contribution is 0.201. The summed E-state index contributed by atoms with van der Waals surface area (Å²) in [7, 11) is -3.98. The molecule has 76 valence electrons. The van der Waals surface area contributed by atoms with Crippen LogP contribution in [0.2, 0.25) is 0 Å². The zero-order valence-corrected chi connectivity index (χ0v) is 7.78. The first-order valence-electron chi connectivity index (χ1n) is 3.53. The summed E-state index contributed by atoms with van der Waals surface area (Å²) in [5.41, 5.74) is 5.74. The van der Waals surface area contributed by atoms with E-state index in [1.165, 1.54) is 29.0 Å². The summed E-state index contributed by atoms with van der Waals surface area (Å²) in [5, 5.41) is 8.25. The van der Waals surface area contributed by atoms with Crippen LogP contribution in [-0.2, 0) is 10.0 Å². The normalized spacial score (nSPS) is 10.9. The van der Waals surface area contributed by atoms with Crippen LogP contribution in [0.25, 0.3) is 0 Å². The van der Waals surface area contributed by atoms with E-state index in [9.17, 15) is 13.2 Å². The van der Waals surface area contributed by atoms with Crippen LogP contribution < -0.4 is 10.5 Å². The molecular weight excluding hydrogens is 208 g/mol. The summed E-state index contributed by atoms with van der Waals surface area (Å²) in [6.45, 7) is 0. The van der Waals surface area contributed by atoms with E-state index in [-0.39, 0.29) is 4.90 Å². The maximum atomic E-state index is 11.2. The largest absolute Gasteiger partial charge is 0.464 e. The average Bonchev–Trinajstić information content (AvgIpc) is 2.02. The van der Waals surface area contributed by atoms with Crippen LogP contribution in [0.15, 0.2) is 29.2 Å². The molecule has 7 heteroatoms. The molecule has 0 bridgehead atoms. The Morgan fingerprint density at radius 1 is 1.29 bits per heavy atom. The van der Waals surface area contributed by atoms with Crippen molar-refractivity contribution in [1.82, 2.24) is 4.72 Å². The fourth-order valence-electron chi connectivity index (χ4n) is 0.821. The monoisotopic (exact) mass is 216 g/mol. The van der Waals surface area contributed by atoms with Crippen molar-refractivity contribution >= 4 is 21.8 Å². The van der Waals surface area contributed by atoms with Gasteiger partial charge in [0.25, 0.3) is 10.0 Å². The molecule has 0 fully saturated rings. The number of nitrogen functional groups attached to an aromatic ring is 1. The molecule has 0 aliphatic heterocycles. The Bertz CT molecular complexity index is 437. The summed E-state index contributed by atoms with van der Waals surface area (Å²) in [4.78, 5) is 10.00. The Morgan fingerprint density at radius 2 is 1.79 bits per heavy atom. The number of anilines is 1. The molecular formula is C7H8N2O4S. The van der Waals surface area contributed by atoms with E-state index in [1.807, 2.05) is 0 Å². The minimum absolute atomic E-state index is 0.144. The number of rotatable bonds is 2. The van der Waals surface area contributed by atoms with Crippen molar-refractivity contribution < 1.29 is 18.3 Å². The van der Waals surface area contributed by atoms with Crippen molar-refractivity contribution in [2.24, 2.45) is 0 Å². The molecule has 0 aliphatic carbocycles. The molecule has 0 aromatic heterocycles. The van der Waals surface area contributed by atoms with Gasteiger partial charge in [0.15, 0.2) is 0 Å². The van der Waals surface area contributed by atoms with E-state index in [4.69, 9.17) is 10.8 Å². The average molecular weight is 216 g/mol. The summed E-state index contributed by atoms with van der Waals surface area (Å²) < 4.78 is 23.8. The number of amides is 1. The highest BCUT2D eigenvalue weighted by Gasteiger charge is 2.15. The topological polar surface area (TPSA) is 109 Å². The highest BCUT2D eigenvalue weighted by molar-refractivity contribution is 7.90. The Kier molecular flexibility index (Phi) is 2.61. The van der Waals surface area contributed by atoms with Crippen molar-refractivity contribution in [3.63, 3.8) is 0 Å². The second-order valence-corrected chi connectivity index (χ2v) is 4.16. The van der Waals surface area contributed by atoms with Gasteiger partial charge in [0, 0.05) is 5.69 Å². The lowest BCUT2D eigenvalue weighted by Crippen LogP contribution is -2.28. The summed E-state index contributed by atoms with van der Waals surface area (Å²) in [6, 6.07) is 5.19. The molecule has 0 unspecified atom stereocenters. The number of nitrogens with two attached hydrogens (primary N) is 1. The van der Waals surface area contributed by atoms with Crippen LogP contribution in [0.4, 0.5) is 10.5 Å². The van der Waals surface area contributed by atoms with E-state index in [0.717, 1.165) is 0 Å². The van der Waals surface area contributed by atoms with Crippen molar-refractivity contribution in [3.8, 4) is 0 Å². The van der Waals surface area contributed by atoms with E-state index in [0.29, 0.717) is 5.69 Å². The standard InChI is InChI=1S/C7H8N2O4S/c8-5-1-3-6(4-2-5)14(12,13)9-7(10)11/h1-4,9H,8H2,(H,10,11). The highest BCUT2D eigenvalue weighted by Crippen LogP contribution is 2.10. The molecule has 0 heterocycles. The van der Waals surface area contributed by atoms with Gasteiger partial charge in [0.1, 0.15) is 0 Å². The van der Waals surface area contributed by atoms with Gasteiger partial charge in [-0.1, -0.05) is 0 Å². The fourth-order valence-corrected chi connectivity index (χ4v) is 1.66. The number of hydrogen-bond acceptors (Lipinski definition) is 4.